The highest BCUT2D eigenvalue weighted by molar-refractivity contribution is 5.66. The summed E-state index contributed by atoms with van der Waals surface area (Å²) in [6.07, 6.45) is 18.0. The molecule has 1 aliphatic rings. The van der Waals surface area contributed by atoms with Gasteiger partial charge in [0.2, 0.25) is 0 Å². The Morgan fingerprint density at radius 2 is 1.96 bits per heavy atom. The van der Waals surface area contributed by atoms with E-state index in [2.05, 4.69) is 58.9 Å². The molecule has 126 valence electrons. The molecule has 0 amide bonds. The van der Waals surface area contributed by atoms with Gasteiger partial charge in [0.1, 0.15) is 6.29 Å². The zero-order valence-electron chi connectivity index (χ0n) is 15.6. The van der Waals surface area contributed by atoms with Gasteiger partial charge in [0.15, 0.2) is 0 Å². The van der Waals surface area contributed by atoms with Gasteiger partial charge in [0.25, 0.3) is 0 Å². The molecule has 0 bridgehead atoms. The maximum absolute atomic E-state index is 10.4. The van der Waals surface area contributed by atoms with Crippen LogP contribution in [-0.2, 0) is 4.79 Å². The minimum atomic E-state index is 0.330. The molecule has 1 nitrogen and oxygen atoms in total. The minimum Gasteiger partial charge on any atom is -0.299 e. The number of rotatable bonds is 6. The van der Waals surface area contributed by atoms with Crippen LogP contribution < -0.4 is 0 Å². The molecular weight excluding hydrogens is 280 g/mol. The molecule has 23 heavy (non-hydrogen) atoms. The molecule has 0 heterocycles. The van der Waals surface area contributed by atoms with E-state index in [9.17, 15) is 4.79 Å². The number of hydrogen-bond donors (Lipinski definition) is 0. The van der Waals surface area contributed by atoms with Gasteiger partial charge in [-0.2, -0.15) is 0 Å². The average molecular weight is 312 g/mol. The first-order valence-electron chi connectivity index (χ1n) is 8.63. The standard InChI is InChI=1S/C22H32O/c1-17(2)20(11-7-9-18(3)14-16-23)12-13-21-19(4)10-8-15-22(21,5)6/h7,9-14,16-17,21H,8,15H2,1-6H3/b9-7+,13-12+,18-14+,20-11+. The lowest BCUT2D eigenvalue weighted by Gasteiger charge is -2.36. The molecule has 0 fully saturated rings. The van der Waals surface area contributed by atoms with Crippen LogP contribution in [0.3, 0.4) is 0 Å². The van der Waals surface area contributed by atoms with Crippen molar-refractivity contribution in [3.63, 3.8) is 0 Å². The molecule has 1 heteroatoms. The number of allylic oxidation sites excluding steroid dienone is 10. The molecule has 0 aromatic heterocycles. The fourth-order valence-corrected chi connectivity index (χ4v) is 3.10. The van der Waals surface area contributed by atoms with Gasteiger partial charge in [0, 0.05) is 5.92 Å². The lowest BCUT2D eigenvalue weighted by atomic mass is 9.68. The third-order valence-electron chi connectivity index (χ3n) is 4.71. The summed E-state index contributed by atoms with van der Waals surface area (Å²) < 4.78 is 0. The van der Waals surface area contributed by atoms with E-state index in [4.69, 9.17) is 0 Å². The second-order valence-corrected chi connectivity index (χ2v) is 7.54. The van der Waals surface area contributed by atoms with Crippen molar-refractivity contribution in [3.8, 4) is 0 Å². The Kier molecular flexibility index (Phi) is 7.48. The molecule has 0 aliphatic heterocycles. The van der Waals surface area contributed by atoms with E-state index in [1.165, 1.54) is 24.0 Å². The zero-order valence-corrected chi connectivity index (χ0v) is 15.6. The molecule has 1 atom stereocenters. The van der Waals surface area contributed by atoms with Crippen LogP contribution in [0, 0.1) is 17.3 Å². The summed E-state index contributed by atoms with van der Waals surface area (Å²) in [5.41, 5.74) is 4.10. The predicted molar refractivity (Wildman–Crippen MR) is 101 cm³/mol. The van der Waals surface area contributed by atoms with Crippen molar-refractivity contribution in [2.75, 3.05) is 0 Å². The van der Waals surface area contributed by atoms with Gasteiger partial charge >= 0.3 is 0 Å². The SMILES string of the molecule is CC1=CCCC(C)(C)C1/C=C/C(=C\C=C\C(C)=C\C=O)C(C)C. The summed E-state index contributed by atoms with van der Waals surface area (Å²) in [6.45, 7) is 13.3. The molecule has 0 aromatic rings. The van der Waals surface area contributed by atoms with Gasteiger partial charge in [-0.15, -0.1) is 0 Å². The second kappa shape index (κ2) is 8.86. The normalized spacial score (nSPS) is 22.9. The first kappa shape index (κ1) is 19.4. The van der Waals surface area contributed by atoms with Crippen LogP contribution in [-0.4, -0.2) is 6.29 Å². The molecule has 0 saturated carbocycles. The van der Waals surface area contributed by atoms with Crippen LogP contribution in [0.5, 0.6) is 0 Å². The molecule has 0 N–H and O–H groups in total. The second-order valence-electron chi connectivity index (χ2n) is 7.54. The summed E-state index contributed by atoms with van der Waals surface area (Å²) in [7, 11) is 0. The molecule has 1 aliphatic carbocycles. The Morgan fingerprint density at radius 1 is 1.26 bits per heavy atom. The van der Waals surface area contributed by atoms with Crippen LogP contribution in [0.1, 0.15) is 54.4 Å². The van der Waals surface area contributed by atoms with Crippen LogP contribution in [0.15, 0.2) is 59.3 Å². The van der Waals surface area contributed by atoms with Crippen molar-refractivity contribution >= 4 is 6.29 Å². The van der Waals surface area contributed by atoms with Crippen LogP contribution in [0.25, 0.3) is 0 Å². The lowest BCUT2D eigenvalue weighted by molar-refractivity contribution is -0.104. The summed E-state index contributed by atoms with van der Waals surface area (Å²) in [4.78, 5) is 10.4. The maximum Gasteiger partial charge on any atom is 0.143 e. The fraction of sp³-hybridized carbons (Fsp3) is 0.500. The van der Waals surface area contributed by atoms with E-state index in [1.807, 2.05) is 19.1 Å². The van der Waals surface area contributed by atoms with Crippen molar-refractivity contribution in [1.29, 1.82) is 0 Å². The largest absolute Gasteiger partial charge is 0.299 e. The van der Waals surface area contributed by atoms with Gasteiger partial charge in [-0.05, 0) is 55.2 Å². The highest BCUT2D eigenvalue weighted by atomic mass is 16.1. The van der Waals surface area contributed by atoms with Crippen LogP contribution in [0.4, 0.5) is 0 Å². The van der Waals surface area contributed by atoms with E-state index in [-0.39, 0.29) is 0 Å². The molecule has 1 rings (SSSR count). The number of carbonyl (C=O) groups is 1. The van der Waals surface area contributed by atoms with E-state index >= 15 is 0 Å². The average Bonchev–Trinajstić information content (AvgIpc) is 2.44. The molecule has 0 aromatic carbocycles. The van der Waals surface area contributed by atoms with Gasteiger partial charge in [0.05, 0.1) is 0 Å². The third-order valence-corrected chi connectivity index (χ3v) is 4.71. The molecular formula is C22H32O. The molecule has 0 radical (unpaired) electrons. The summed E-state index contributed by atoms with van der Waals surface area (Å²) >= 11 is 0. The Balaban J connectivity index is 2.95. The minimum absolute atomic E-state index is 0.330. The van der Waals surface area contributed by atoms with Crippen molar-refractivity contribution < 1.29 is 4.79 Å². The van der Waals surface area contributed by atoms with E-state index in [0.29, 0.717) is 17.3 Å². The molecule has 1 unspecified atom stereocenters. The van der Waals surface area contributed by atoms with Gasteiger partial charge in [-0.25, -0.2) is 0 Å². The topological polar surface area (TPSA) is 17.1 Å². The van der Waals surface area contributed by atoms with Crippen molar-refractivity contribution in [3.05, 3.63) is 59.3 Å². The Hall–Kier alpha value is -1.63. The van der Waals surface area contributed by atoms with E-state index < -0.39 is 0 Å². The Labute approximate surface area is 142 Å². The predicted octanol–water partition coefficient (Wildman–Crippen LogP) is 6.21. The first-order valence-corrected chi connectivity index (χ1v) is 8.63. The van der Waals surface area contributed by atoms with Crippen LogP contribution >= 0.6 is 0 Å². The summed E-state index contributed by atoms with van der Waals surface area (Å²) in [5.74, 6) is 0.987. The monoisotopic (exact) mass is 312 g/mol. The van der Waals surface area contributed by atoms with E-state index in [1.54, 1.807) is 6.08 Å². The van der Waals surface area contributed by atoms with Crippen molar-refractivity contribution in [2.45, 2.75) is 54.4 Å². The molecule has 0 saturated heterocycles. The highest BCUT2D eigenvalue weighted by Crippen LogP contribution is 2.41. The van der Waals surface area contributed by atoms with Gasteiger partial charge in [-0.3, -0.25) is 4.79 Å². The quantitative estimate of drug-likeness (QED) is 0.247. The van der Waals surface area contributed by atoms with Gasteiger partial charge in [-0.1, -0.05) is 69.7 Å². The Morgan fingerprint density at radius 3 is 2.52 bits per heavy atom. The van der Waals surface area contributed by atoms with E-state index in [0.717, 1.165) is 11.9 Å². The molecule has 0 spiro atoms. The van der Waals surface area contributed by atoms with Crippen molar-refractivity contribution in [1.82, 2.24) is 0 Å². The van der Waals surface area contributed by atoms with Crippen LogP contribution in [0.2, 0.25) is 0 Å². The maximum atomic E-state index is 10.4. The number of aldehydes is 1. The van der Waals surface area contributed by atoms with Gasteiger partial charge < -0.3 is 0 Å². The first-order chi connectivity index (χ1) is 10.8. The Bertz CT molecular complexity index is 551. The zero-order chi connectivity index (χ0) is 17.5. The number of carbonyl (C=O) groups excluding carboxylic acids is 1. The smallest absolute Gasteiger partial charge is 0.143 e. The summed E-state index contributed by atoms with van der Waals surface area (Å²) in [6, 6.07) is 0. The third kappa shape index (κ3) is 6.17. The number of hydrogen-bond acceptors (Lipinski definition) is 1. The fourth-order valence-electron chi connectivity index (χ4n) is 3.10. The lowest BCUT2D eigenvalue weighted by Crippen LogP contribution is -2.26. The van der Waals surface area contributed by atoms with Crippen molar-refractivity contribution in [2.24, 2.45) is 17.3 Å². The highest BCUT2D eigenvalue weighted by Gasteiger charge is 2.30. The summed E-state index contributed by atoms with van der Waals surface area (Å²) in [5, 5.41) is 0.